The number of methoxy groups -OCH3 is 1. The van der Waals surface area contributed by atoms with Gasteiger partial charge in [0.15, 0.2) is 0 Å². The molecular formula is C14H13BrClNO. The lowest BCUT2D eigenvalue weighted by molar-refractivity contribution is 0.416. The largest absolute Gasteiger partial charge is 0.495 e. The van der Waals surface area contributed by atoms with Gasteiger partial charge in [-0.25, -0.2) is 0 Å². The van der Waals surface area contributed by atoms with E-state index in [0.29, 0.717) is 11.6 Å². The molecule has 0 radical (unpaired) electrons. The molecule has 94 valence electrons. The molecule has 2 nitrogen and oxygen atoms in total. The predicted octanol–water partition coefficient (Wildman–Crippen LogP) is 4.72. The molecule has 0 amide bonds. The van der Waals surface area contributed by atoms with Crippen LogP contribution in [0.5, 0.6) is 5.75 Å². The quantitative estimate of drug-likeness (QED) is 0.877. The number of rotatable bonds is 4. The van der Waals surface area contributed by atoms with Crippen molar-refractivity contribution in [2.75, 3.05) is 12.4 Å². The van der Waals surface area contributed by atoms with Gasteiger partial charge in [0.25, 0.3) is 0 Å². The van der Waals surface area contributed by atoms with Crippen LogP contribution in [0.15, 0.2) is 46.9 Å². The van der Waals surface area contributed by atoms with E-state index in [1.165, 1.54) is 5.56 Å². The maximum atomic E-state index is 5.98. The Morgan fingerprint density at radius 1 is 1.22 bits per heavy atom. The Balaban J connectivity index is 2.15. The van der Waals surface area contributed by atoms with Gasteiger partial charge in [-0.05, 0) is 29.8 Å². The molecule has 0 bridgehead atoms. The fraction of sp³-hybridized carbons (Fsp3) is 0.143. The Bertz CT molecular complexity index is 545. The van der Waals surface area contributed by atoms with Gasteiger partial charge < -0.3 is 10.1 Å². The van der Waals surface area contributed by atoms with E-state index >= 15 is 0 Å². The molecule has 0 aliphatic heterocycles. The van der Waals surface area contributed by atoms with Gasteiger partial charge in [-0.2, -0.15) is 0 Å². The normalized spacial score (nSPS) is 10.2. The van der Waals surface area contributed by atoms with Gasteiger partial charge in [0.1, 0.15) is 5.75 Å². The summed E-state index contributed by atoms with van der Waals surface area (Å²) in [6.45, 7) is 0.706. The third-order valence-electron chi connectivity index (χ3n) is 2.59. The third-order valence-corrected chi connectivity index (χ3v) is 3.60. The van der Waals surface area contributed by atoms with Gasteiger partial charge in [-0.3, -0.25) is 0 Å². The molecule has 0 spiro atoms. The third kappa shape index (κ3) is 3.18. The van der Waals surface area contributed by atoms with Crippen molar-refractivity contribution in [3.8, 4) is 5.75 Å². The number of nitrogens with one attached hydrogen (secondary N) is 1. The van der Waals surface area contributed by atoms with Gasteiger partial charge in [-0.15, -0.1) is 0 Å². The van der Waals surface area contributed by atoms with Crippen molar-refractivity contribution in [3.05, 3.63) is 57.5 Å². The molecule has 2 aromatic rings. The summed E-state index contributed by atoms with van der Waals surface area (Å²) in [5, 5.41) is 4.01. The van der Waals surface area contributed by atoms with Crippen LogP contribution < -0.4 is 10.1 Å². The van der Waals surface area contributed by atoms with Crippen LogP contribution in [0.3, 0.4) is 0 Å². The average Bonchev–Trinajstić information content (AvgIpc) is 2.38. The lowest BCUT2D eigenvalue weighted by Crippen LogP contribution is -2.01. The van der Waals surface area contributed by atoms with Crippen molar-refractivity contribution in [1.29, 1.82) is 0 Å². The topological polar surface area (TPSA) is 21.3 Å². The van der Waals surface area contributed by atoms with Crippen LogP contribution in [0.25, 0.3) is 0 Å². The monoisotopic (exact) mass is 325 g/mol. The van der Waals surface area contributed by atoms with Gasteiger partial charge >= 0.3 is 0 Å². The number of hydrogen-bond acceptors (Lipinski definition) is 2. The number of anilines is 1. The second-order valence-corrected chi connectivity index (χ2v) is 5.08. The Morgan fingerprint density at radius 3 is 2.72 bits per heavy atom. The van der Waals surface area contributed by atoms with Crippen LogP contribution in [0.2, 0.25) is 5.02 Å². The Morgan fingerprint density at radius 2 is 2.00 bits per heavy atom. The molecule has 2 rings (SSSR count). The molecule has 0 fully saturated rings. The van der Waals surface area contributed by atoms with Crippen LogP contribution in [0.1, 0.15) is 5.56 Å². The number of ether oxygens (including phenoxy) is 1. The first-order valence-electron chi connectivity index (χ1n) is 5.51. The van der Waals surface area contributed by atoms with Crippen LogP contribution >= 0.6 is 27.5 Å². The summed E-state index contributed by atoms with van der Waals surface area (Å²) in [6.07, 6.45) is 0. The second-order valence-electron chi connectivity index (χ2n) is 3.79. The first-order valence-corrected chi connectivity index (χ1v) is 6.68. The van der Waals surface area contributed by atoms with Crippen LogP contribution in [-0.2, 0) is 6.54 Å². The molecule has 2 aromatic carbocycles. The zero-order chi connectivity index (χ0) is 13.0. The van der Waals surface area contributed by atoms with Crippen molar-refractivity contribution < 1.29 is 4.74 Å². The van der Waals surface area contributed by atoms with Crippen molar-refractivity contribution in [2.24, 2.45) is 0 Å². The van der Waals surface area contributed by atoms with E-state index in [0.717, 1.165) is 15.9 Å². The van der Waals surface area contributed by atoms with E-state index < -0.39 is 0 Å². The van der Waals surface area contributed by atoms with Gasteiger partial charge in [-0.1, -0.05) is 45.7 Å². The summed E-state index contributed by atoms with van der Waals surface area (Å²) in [6, 6.07) is 13.6. The number of halogens is 2. The SMILES string of the molecule is COc1ccc(Cl)cc1NCc1ccccc1Br. The highest BCUT2D eigenvalue weighted by Gasteiger charge is 2.04. The Hall–Kier alpha value is -1.19. The molecule has 0 aromatic heterocycles. The van der Waals surface area contributed by atoms with Crippen molar-refractivity contribution >= 4 is 33.2 Å². The molecule has 0 unspecified atom stereocenters. The lowest BCUT2D eigenvalue weighted by atomic mass is 10.2. The predicted molar refractivity (Wildman–Crippen MR) is 79.5 cm³/mol. The highest BCUT2D eigenvalue weighted by molar-refractivity contribution is 9.10. The fourth-order valence-corrected chi connectivity index (χ4v) is 2.25. The molecule has 18 heavy (non-hydrogen) atoms. The summed E-state index contributed by atoms with van der Waals surface area (Å²) in [5.74, 6) is 0.784. The van der Waals surface area contributed by atoms with Crippen molar-refractivity contribution in [3.63, 3.8) is 0 Å². The van der Waals surface area contributed by atoms with E-state index in [1.807, 2.05) is 36.4 Å². The highest BCUT2D eigenvalue weighted by Crippen LogP contribution is 2.28. The minimum atomic E-state index is 0.686. The fourth-order valence-electron chi connectivity index (χ4n) is 1.65. The second kappa shape index (κ2) is 6.12. The molecule has 0 saturated heterocycles. The van der Waals surface area contributed by atoms with E-state index in [1.54, 1.807) is 7.11 Å². The lowest BCUT2D eigenvalue weighted by Gasteiger charge is -2.12. The van der Waals surface area contributed by atoms with Crippen LogP contribution in [0.4, 0.5) is 5.69 Å². The Labute approximate surface area is 120 Å². The summed E-state index contributed by atoms with van der Waals surface area (Å²) >= 11 is 9.50. The maximum absolute atomic E-state index is 5.98. The summed E-state index contributed by atoms with van der Waals surface area (Å²) in [7, 11) is 1.65. The van der Waals surface area contributed by atoms with Crippen molar-refractivity contribution in [1.82, 2.24) is 0 Å². The van der Waals surface area contributed by atoms with E-state index in [-0.39, 0.29) is 0 Å². The molecule has 1 N–H and O–H groups in total. The van der Waals surface area contributed by atoms with Gasteiger partial charge in [0.2, 0.25) is 0 Å². The zero-order valence-electron chi connectivity index (χ0n) is 9.91. The van der Waals surface area contributed by atoms with Crippen LogP contribution in [-0.4, -0.2) is 7.11 Å². The minimum absolute atomic E-state index is 0.686. The Kier molecular flexibility index (Phi) is 4.50. The molecule has 0 heterocycles. The van der Waals surface area contributed by atoms with Gasteiger partial charge in [0, 0.05) is 16.0 Å². The minimum Gasteiger partial charge on any atom is -0.495 e. The van der Waals surface area contributed by atoms with E-state index in [9.17, 15) is 0 Å². The average molecular weight is 327 g/mol. The molecule has 0 aliphatic rings. The smallest absolute Gasteiger partial charge is 0.142 e. The number of benzene rings is 2. The summed E-state index contributed by atoms with van der Waals surface area (Å²) in [5.41, 5.74) is 2.07. The molecule has 0 saturated carbocycles. The molecule has 0 atom stereocenters. The summed E-state index contributed by atoms with van der Waals surface area (Å²) in [4.78, 5) is 0. The van der Waals surface area contributed by atoms with E-state index in [4.69, 9.17) is 16.3 Å². The first-order chi connectivity index (χ1) is 8.70. The first kappa shape index (κ1) is 13.2. The molecule has 0 aliphatic carbocycles. The maximum Gasteiger partial charge on any atom is 0.142 e. The summed E-state index contributed by atoms with van der Waals surface area (Å²) < 4.78 is 6.37. The standard InChI is InChI=1S/C14H13BrClNO/c1-18-14-7-6-11(16)8-13(14)17-9-10-4-2-3-5-12(10)15/h2-8,17H,9H2,1H3. The van der Waals surface area contributed by atoms with Crippen LogP contribution in [0, 0.1) is 0 Å². The molecular weight excluding hydrogens is 314 g/mol. The molecule has 4 heteroatoms. The zero-order valence-corrected chi connectivity index (χ0v) is 12.3. The number of hydrogen-bond donors (Lipinski definition) is 1. The van der Waals surface area contributed by atoms with E-state index in [2.05, 4.69) is 27.3 Å². The van der Waals surface area contributed by atoms with Gasteiger partial charge in [0.05, 0.1) is 12.8 Å². The van der Waals surface area contributed by atoms with Crippen molar-refractivity contribution in [2.45, 2.75) is 6.54 Å². The highest BCUT2D eigenvalue weighted by atomic mass is 79.9.